The van der Waals surface area contributed by atoms with E-state index in [9.17, 15) is 20.0 Å². The molecule has 4 N–H and O–H groups in total. The highest BCUT2D eigenvalue weighted by atomic mass is 32.1. The van der Waals surface area contributed by atoms with E-state index in [1.807, 2.05) is 58.2 Å². The van der Waals surface area contributed by atoms with Crippen LogP contribution in [0.15, 0.2) is 78.2 Å². The number of nitrogens with two attached hydrogens (primary N) is 1. The number of thiophene rings is 1. The normalized spacial score (nSPS) is 21.5. The molecule has 5 aliphatic rings. The van der Waals surface area contributed by atoms with Crippen molar-refractivity contribution in [3.8, 4) is 46.5 Å². The third kappa shape index (κ3) is 10.4. The smallest absolute Gasteiger partial charge is 0.248 e. The number of hydrogen-bond donors (Lipinski definition) is 3. The van der Waals surface area contributed by atoms with Gasteiger partial charge in [0.1, 0.15) is 29.5 Å². The average Bonchev–Trinajstić information content (AvgIpc) is 3.93. The van der Waals surface area contributed by atoms with Crippen LogP contribution >= 0.6 is 11.3 Å². The summed E-state index contributed by atoms with van der Waals surface area (Å²) in [5, 5.41) is 38.7. The van der Waals surface area contributed by atoms with Crippen LogP contribution in [0, 0.1) is 22.2 Å². The number of nitrogen functional groups attached to an aromatic ring is 1. The van der Waals surface area contributed by atoms with Crippen LogP contribution in [-0.2, 0) is 27.8 Å². The highest BCUT2D eigenvalue weighted by molar-refractivity contribution is 7.16. The number of hydrogen-bond acceptors (Lipinski definition) is 19. The second-order valence-corrected chi connectivity index (χ2v) is 24.6. The van der Waals surface area contributed by atoms with E-state index in [-0.39, 0.29) is 48.0 Å². The lowest BCUT2D eigenvalue weighted by atomic mass is 9.63. The number of aliphatic hydroxyl groups excluding tert-OH is 1. The van der Waals surface area contributed by atoms with Crippen molar-refractivity contribution in [2.75, 3.05) is 38.5 Å². The Morgan fingerprint density at radius 1 is 1.01 bits per heavy atom. The summed E-state index contributed by atoms with van der Waals surface area (Å²) in [6.45, 7) is 10.9. The number of aliphatic hydroxyl groups is 1. The number of fused-ring (bicyclic) bond motifs is 4. The summed E-state index contributed by atoms with van der Waals surface area (Å²) in [5.74, 6) is 2.26. The number of anilines is 1. The molecule has 12 rings (SSSR count). The Bertz CT molecular complexity index is 3430. The first kappa shape index (κ1) is 52.9. The van der Waals surface area contributed by atoms with E-state index < -0.39 is 29.0 Å². The molecule has 2 saturated heterocycles. The number of nitriles is 1. The molecule has 21 nitrogen and oxygen atoms in total. The molecule has 8 heterocycles. The summed E-state index contributed by atoms with van der Waals surface area (Å²) >= 11 is 1.51. The minimum atomic E-state index is -0.855. The molecule has 1 spiro atoms. The maximum Gasteiger partial charge on any atom is 0.248 e. The predicted molar refractivity (Wildman–Crippen MR) is 294 cm³/mol. The first-order valence-corrected chi connectivity index (χ1v) is 28.6. The summed E-state index contributed by atoms with van der Waals surface area (Å²) in [6.07, 6.45) is 18.0. The van der Waals surface area contributed by atoms with Gasteiger partial charge in [-0.2, -0.15) is 15.2 Å². The molecule has 80 heavy (non-hydrogen) atoms. The number of carbonyl (C=O) groups excluding carboxylic acids is 2. The second-order valence-electron chi connectivity index (χ2n) is 23.5. The first-order chi connectivity index (χ1) is 38.7. The van der Waals surface area contributed by atoms with Gasteiger partial charge in [0.25, 0.3) is 0 Å². The SMILES string of the molecule is C[C@H](NC(=O)[C@@H]1C[C@@H](O)CN1C(=O)[C@@H](n1cc(C2CCN(CC3(COc4cc(Oc5cncnc5)nc(-c5noc6c5CCC[C@@]65CCCc6sc(N)c(C#N)c65)n4)CC3)CC2)nn1)C(C)(C)C)c1ccc(-c2ncccn2)cc1. The fourth-order valence-corrected chi connectivity index (χ4v) is 13.8. The summed E-state index contributed by atoms with van der Waals surface area (Å²) < 4.78 is 20.8. The van der Waals surface area contributed by atoms with Crippen molar-refractivity contribution in [1.29, 1.82) is 5.26 Å². The summed E-state index contributed by atoms with van der Waals surface area (Å²) in [6, 6.07) is 11.6. The molecule has 22 heteroatoms. The van der Waals surface area contributed by atoms with Crippen LogP contribution in [0.2, 0.25) is 0 Å². The lowest BCUT2D eigenvalue weighted by Gasteiger charge is -2.39. The van der Waals surface area contributed by atoms with Crippen molar-refractivity contribution in [2.45, 2.75) is 134 Å². The minimum Gasteiger partial charge on any atom is -0.477 e. The molecule has 0 unspecified atom stereocenters. The second kappa shape index (κ2) is 21.4. The zero-order valence-electron chi connectivity index (χ0n) is 45.4. The van der Waals surface area contributed by atoms with E-state index in [1.54, 1.807) is 41.6 Å². The van der Waals surface area contributed by atoms with Crippen molar-refractivity contribution < 1.29 is 28.7 Å². The maximum atomic E-state index is 14.7. The number of ether oxygens (including phenoxy) is 2. The van der Waals surface area contributed by atoms with E-state index in [0.717, 1.165) is 122 Å². The molecule has 3 aliphatic carbocycles. The van der Waals surface area contributed by atoms with Crippen molar-refractivity contribution in [3.63, 3.8) is 0 Å². The molecule has 3 fully saturated rings. The predicted octanol–water partition coefficient (Wildman–Crippen LogP) is 7.70. The van der Waals surface area contributed by atoms with Crippen LogP contribution in [-0.4, -0.2) is 122 Å². The maximum absolute atomic E-state index is 14.7. The van der Waals surface area contributed by atoms with Gasteiger partial charge >= 0.3 is 0 Å². The van der Waals surface area contributed by atoms with Gasteiger partial charge < -0.3 is 40.0 Å². The minimum absolute atomic E-state index is 0.0427. The summed E-state index contributed by atoms with van der Waals surface area (Å²) in [4.78, 5) is 60.5. The molecule has 7 aromatic rings. The Balaban J connectivity index is 0.695. The highest BCUT2D eigenvalue weighted by Crippen LogP contribution is 2.55. The van der Waals surface area contributed by atoms with Gasteiger partial charge in [-0.3, -0.25) is 9.59 Å². The molecule has 414 valence electrons. The van der Waals surface area contributed by atoms with Gasteiger partial charge in [0, 0.05) is 65.4 Å². The molecular formula is C58H65N15O6S. The van der Waals surface area contributed by atoms with E-state index in [2.05, 4.69) is 51.7 Å². The van der Waals surface area contributed by atoms with E-state index in [1.165, 1.54) is 22.6 Å². The molecule has 1 aromatic carbocycles. The Morgan fingerprint density at radius 3 is 2.48 bits per heavy atom. The molecule has 2 aliphatic heterocycles. The van der Waals surface area contributed by atoms with E-state index in [0.29, 0.717) is 46.1 Å². The lowest BCUT2D eigenvalue weighted by molar-refractivity contribution is -0.144. The third-order valence-corrected chi connectivity index (χ3v) is 17.9. The van der Waals surface area contributed by atoms with Crippen molar-refractivity contribution in [2.24, 2.45) is 10.8 Å². The van der Waals surface area contributed by atoms with Crippen molar-refractivity contribution in [3.05, 3.63) is 112 Å². The lowest BCUT2D eigenvalue weighted by Crippen LogP contribution is -2.50. The number of likely N-dealkylation sites (tertiary alicyclic amines) is 2. The van der Waals surface area contributed by atoms with Crippen LogP contribution in [0.25, 0.3) is 22.9 Å². The third-order valence-electron chi connectivity index (χ3n) is 16.9. The fraction of sp³-hybridized carbons (Fsp3) is 0.483. The number of nitrogens with zero attached hydrogens (tertiary/aromatic N) is 13. The monoisotopic (exact) mass is 1100 g/mol. The van der Waals surface area contributed by atoms with Crippen LogP contribution in [0.1, 0.15) is 142 Å². The standard InChI is InChI=1S/C58H65N15O6S/c1-34(35-10-12-37(13-11-35)52-63-20-7-21-64-52)65-54(75)43-24-38(74)29-72(43)55(76)49(56(2,3)4)73-30-42(68-70-73)36-14-22-71(23-15-36)31-57(18-19-57)32-77-45-25-46(78-39-27-61-33-62-28-39)67-53(66-45)48-40-8-5-16-58(50(40)79-69-48)17-6-9-44-47(58)41(26-59)51(60)80-44/h7,10-13,20-21,25,27-28,30,33-34,36,38,43,49,74H,5-6,8-9,14-19,22-24,29,31-32,60H2,1-4H3,(H,65,75)/t34-,38+,43-,49+,58-/m0/s1. The molecule has 2 amide bonds. The Morgan fingerprint density at radius 2 is 1.75 bits per heavy atom. The summed E-state index contributed by atoms with van der Waals surface area (Å²) in [7, 11) is 0. The van der Waals surface area contributed by atoms with Crippen LogP contribution in [0.5, 0.6) is 17.5 Å². The Labute approximate surface area is 467 Å². The largest absolute Gasteiger partial charge is 0.477 e. The highest BCUT2D eigenvalue weighted by Gasteiger charge is 2.50. The van der Waals surface area contributed by atoms with Crippen molar-refractivity contribution >= 4 is 28.2 Å². The van der Waals surface area contributed by atoms with E-state index in [4.69, 9.17) is 29.7 Å². The number of aryl methyl sites for hydroxylation is 1. The Hall–Kier alpha value is -7.74. The zero-order chi connectivity index (χ0) is 55.3. The topological polar surface area (TPSA) is 275 Å². The van der Waals surface area contributed by atoms with Crippen LogP contribution in [0.3, 0.4) is 0 Å². The fourth-order valence-electron chi connectivity index (χ4n) is 12.6. The molecule has 1 saturated carbocycles. The number of carbonyl (C=O) groups is 2. The van der Waals surface area contributed by atoms with Gasteiger partial charge in [-0.15, -0.1) is 16.4 Å². The van der Waals surface area contributed by atoms with Gasteiger partial charge in [0.05, 0.1) is 53.9 Å². The number of piperidine rings is 1. The summed E-state index contributed by atoms with van der Waals surface area (Å²) in [5.41, 5.74) is 10.9. The number of β-amino-alcohol motifs (C(OH)–C–C–N with tert-alkyl or cyclic N) is 1. The van der Waals surface area contributed by atoms with Crippen LogP contribution < -0.4 is 20.5 Å². The van der Waals surface area contributed by atoms with Gasteiger partial charge in [-0.1, -0.05) is 55.4 Å². The van der Waals surface area contributed by atoms with Crippen molar-refractivity contribution in [1.82, 2.24) is 65.2 Å². The molecule has 6 aromatic heterocycles. The average molecular weight is 1100 g/mol. The van der Waals surface area contributed by atoms with Gasteiger partial charge in [0.15, 0.2) is 28.9 Å². The number of rotatable bonds is 15. The van der Waals surface area contributed by atoms with Gasteiger partial charge in [-0.25, -0.2) is 24.6 Å². The molecule has 0 radical (unpaired) electrons. The number of amides is 2. The molecule has 5 atom stereocenters. The molecular weight excluding hydrogens is 1030 g/mol. The molecule has 0 bridgehead atoms. The first-order valence-electron chi connectivity index (χ1n) is 27.7. The number of benzene rings is 1. The Kier molecular flexibility index (Phi) is 14.1. The van der Waals surface area contributed by atoms with Gasteiger partial charge in [-0.05, 0) is 107 Å². The van der Waals surface area contributed by atoms with Crippen LogP contribution in [0.4, 0.5) is 5.00 Å². The quantitative estimate of drug-likeness (QED) is 0.0887. The number of nitrogens with one attached hydrogen (secondary N) is 1. The number of aromatic nitrogens is 10. The zero-order valence-corrected chi connectivity index (χ0v) is 46.2. The van der Waals surface area contributed by atoms with E-state index >= 15 is 0 Å². The van der Waals surface area contributed by atoms with Gasteiger partial charge in [0.2, 0.25) is 23.6 Å².